The van der Waals surface area contributed by atoms with Crippen molar-refractivity contribution in [2.45, 2.75) is 46.0 Å². The van der Waals surface area contributed by atoms with Crippen LogP contribution in [-0.4, -0.2) is 82.2 Å². The van der Waals surface area contributed by atoms with Crippen LogP contribution in [0.4, 0.5) is 0 Å². The van der Waals surface area contributed by atoms with E-state index < -0.39 is 10.0 Å². The average Bonchev–Trinajstić information content (AvgIpc) is 2.64. The molecular formula is C19H40IN5O2S. The smallest absolute Gasteiger partial charge is 0.211 e. The fourth-order valence-electron chi connectivity index (χ4n) is 3.78. The van der Waals surface area contributed by atoms with Gasteiger partial charge in [0, 0.05) is 32.7 Å². The second-order valence-corrected chi connectivity index (χ2v) is 10.1. The fourth-order valence-corrected chi connectivity index (χ4v) is 4.65. The summed E-state index contributed by atoms with van der Waals surface area (Å²) in [7, 11) is -3.05. The highest BCUT2D eigenvalue weighted by atomic mass is 127. The second kappa shape index (κ2) is 13.2. The third kappa shape index (κ3) is 9.58. The van der Waals surface area contributed by atoms with Gasteiger partial charge >= 0.3 is 0 Å². The van der Waals surface area contributed by atoms with Crippen LogP contribution in [0.15, 0.2) is 4.99 Å². The molecule has 2 aliphatic rings. The van der Waals surface area contributed by atoms with E-state index in [0.29, 0.717) is 19.0 Å². The van der Waals surface area contributed by atoms with Crippen molar-refractivity contribution < 1.29 is 8.42 Å². The van der Waals surface area contributed by atoms with E-state index in [1.807, 2.05) is 0 Å². The van der Waals surface area contributed by atoms with Crippen LogP contribution in [-0.2, 0) is 10.0 Å². The van der Waals surface area contributed by atoms with Crippen LogP contribution < -0.4 is 10.6 Å². The number of halogens is 1. The molecule has 0 spiro atoms. The van der Waals surface area contributed by atoms with E-state index >= 15 is 0 Å². The first kappa shape index (κ1) is 25.9. The Morgan fingerprint density at radius 1 is 1.07 bits per heavy atom. The van der Waals surface area contributed by atoms with Crippen molar-refractivity contribution in [2.24, 2.45) is 16.8 Å². The predicted molar refractivity (Wildman–Crippen MR) is 128 cm³/mol. The monoisotopic (exact) mass is 529 g/mol. The third-order valence-corrected chi connectivity index (χ3v) is 7.02. The van der Waals surface area contributed by atoms with E-state index in [0.717, 1.165) is 57.3 Å². The van der Waals surface area contributed by atoms with Gasteiger partial charge in [-0.15, -0.1) is 24.0 Å². The summed E-state index contributed by atoms with van der Waals surface area (Å²) < 4.78 is 24.8. The average molecular weight is 530 g/mol. The lowest BCUT2D eigenvalue weighted by Crippen LogP contribution is -2.41. The van der Waals surface area contributed by atoms with E-state index in [1.54, 1.807) is 4.31 Å². The molecule has 0 radical (unpaired) electrons. The van der Waals surface area contributed by atoms with Crippen molar-refractivity contribution in [3.8, 4) is 0 Å². The molecule has 166 valence electrons. The molecule has 0 atom stereocenters. The molecule has 2 heterocycles. The lowest BCUT2D eigenvalue weighted by atomic mass is 9.98. The number of likely N-dealkylation sites (tertiary alicyclic amines) is 1. The molecule has 2 rings (SSSR count). The summed E-state index contributed by atoms with van der Waals surface area (Å²) in [5.74, 6) is 2.24. The van der Waals surface area contributed by atoms with Gasteiger partial charge in [0.15, 0.2) is 5.96 Å². The molecule has 9 heteroatoms. The van der Waals surface area contributed by atoms with Gasteiger partial charge in [-0.1, -0.05) is 6.92 Å². The summed E-state index contributed by atoms with van der Waals surface area (Å²) in [6.45, 7) is 11.9. The van der Waals surface area contributed by atoms with Gasteiger partial charge < -0.3 is 15.5 Å². The highest BCUT2D eigenvalue weighted by Gasteiger charge is 2.24. The zero-order valence-electron chi connectivity index (χ0n) is 17.8. The summed E-state index contributed by atoms with van der Waals surface area (Å²) in [4.78, 5) is 7.30. The maximum Gasteiger partial charge on any atom is 0.211 e. The summed E-state index contributed by atoms with van der Waals surface area (Å²) in [6.07, 6.45) is 6.87. The predicted octanol–water partition coefficient (Wildman–Crippen LogP) is 1.95. The SMILES string of the molecule is CCNC(=NCC1CCN(S(C)(=O)=O)CC1)NCCCN1CCC(C)CC1.I. The number of aliphatic imine (C=N–C) groups is 1. The molecule has 28 heavy (non-hydrogen) atoms. The molecule has 0 aromatic rings. The Balaban J connectivity index is 0.00000392. The quantitative estimate of drug-likeness (QED) is 0.218. The number of hydrogen-bond acceptors (Lipinski definition) is 4. The number of nitrogens with zero attached hydrogens (tertiary/aromatic N) is 3. The minimum absolute atomic E-state index is 0. The van der Waals surface area contributed by atoms with Gasteiger partial charge in [0.25, 0.3) is 0 Å². The zero-order valence-corrected chi connectivity index (χ0v) is 21.0. The highest BCUT2D eigenvalue weighted by molar-refractivity contribution is 14.0. The maximum absolute atomic E-state index is 11.6. The topological polar surface area (TPSA) is 77.0 Å². The molecule has 0 amide bonds. The summed E-state index contributed by atoms with van der Waals surface area (Å²) in [5, 5.41) is 6.77. The number of nitrogens with one attached hydrogen (secondary N) is 2. The van der Waals surface area contributed by atoms with Crippen LogP contribution in [0.2, 0.25) is 0 Å². The van der Waals surface area contributed by atoms with E-state index in [1.165, 1.54) is 32.2 Å². The Labute approximate surface area is 189 Å². The standard InChI is InChI=1S/C19H39N5O2S.HI/c1-4-20-19(21-10-5-11-23-12-6-17(2)7-13-23)22-16-18-8-14-24(15-9-18)27(3,25)26;/h17-18H,4-16H2,1-3H3,(H2,20,21,22);1H. The molecule has 0 aromatic carbocycles. The van der Waals surface area contributed by atoms with Crippen molar-refractivity contribution in [1.29, 1.82) is 0 Å². The molecule has 0 bridgehead atoms. The van der Waals surface area contributed by atoms with Crippen LogP contribution in [0.1, 0.15) is 46.0 Å². The molecular weight excluding hydrogens is 489 g/mol. The minimum atomic E-state index is -3.05. The normalized spacial score (nSPS) is 21.3. The van der Waals surface area contributed by atoms with Gasteiger partial charge in [0.1, 0.15) is 0 Å². The molecule has 0 aromatic heterocycles. The van der Waals surface area contributed by atoms with Gasteiger partial charge in [-0.3, -0.25) is 4.99 Å². The molecule has 2 aliphatic heterocycles. The first-order chi connectivity index (χ1) is 12.9. The van der Waals surface area contributed by atoms with Crippen molar-refractivity contribution >= 4 is 40.0 Å². The van der Waals surface area contributed by atoms with Crippen molar-refractivity contribution in [1.82, 2.24) is 19.8 Å². The Morgan fingerprint density at radius 2 is 1.71 bits per heavy atom. The Bertz CT molecular complexity index is 557. The van der Waals surface area contributed by atoms with E-state index in [2.05, 4.69) is 29.4 Å². The largest absolute Gasteiger partial charge is 0.357 e. The molecule has 2 N–H and O–H groups in total. The summed E-state index contributed by atoms with van der Waals surface area (Å²) in [5.41, 5.74) is 0. The number of piperidine rings is 2. The minimum Gasteiger partial charge on any atom is -0.357 e. The second-order valence-electron chi connectivity index (χ2n) is 8.13. The molecule has 7 nitrogen and oxygen atoms in total. The van der Waals surface area contributed by atoms with E-state index in [-0.39, 0.29) is 24.0 Å². The van der Waals surface area contributed by atoms with Gasteiger partial charge in [0.05, 0.1) is 6.26 Å². The highest BCUT2D eigenvalue weighted by Crippen LogP contribution is 2.19. The lowest BCUT2D eigenvalue weighted by molar-refractivity contribution is 0.191. The van der Waals surface area contributed by atoms with E-state index in [4.69, 9.17) is 4.99 Å². The number of guanidine groups is 1. The first-order valence-corrected chi connectivity index (χ1v) is 12.4. The number of hydrogen-bond donors (Lipinski definition) is 2. The first-order valence-electron chi connectivity index (χ1n) is 10.6. The third-order valence-electron chi connectivity index (χ3n) is 5.71. The van der Waals surface area contributed by atoms with Crippen LogP contribution in [0, 0.1) is 11.8 Å². The van der Waals surface area contributed by atoms with Crippen molar-refractivity contribution in [3.05, 3.63) is 0 Å². The molecule has 0 unspecified atom stereocenters. The maximum atomic E-state index is 11.6. The Morgan fingerprint density at radius 3 is 2.29 bits per heavy atom. The summed E-state index contributed by atoms with van der Waals surface area (Å²) >= 11 is 0. The molecule has 0 saturated carbocycles. The van der Waals surface area contributed by atoms with Gasteiger partial charge in [-0.05, 0) is 70.5 Å². The van der Waals surface area contributed by atoms with Gasteiger partial charge in [0.2, 0.25) is 10.0 Å². The Kier molecular flexibility index (Phi) is 12.2. The van der Waals surface area contributed by atoms with Crippen molar-refractivity contribution in [3.63, 3.8) is 0 Å². The zero-order chi connectivity index (χ0) is 19.7. The molecule has 2 saturated heterocycles. The molecule has 0 aliphatic carbocycles. The number of rotatable bonds is 8. The van der Waals surface area contributed by atoms with E-state index in [9.17, 15) is 8.42 Å². The van der Waals surface area contributed by atoms with Crippen LogP contribution >= 0.6 is 24.0 Å². The summed E-state index contributed by atoms with van der Waals surface area (Å²) in [6, 6.07) is 0. The fraction of sp³-hybridized carbons (Fsp3) is 0.947. The Hall–Kier alpha value is -0.130. The van der Waals surface area contributed by atoms with Gasteiger partial charge in [-0.25, -0.2) is 12.7 Å². The number of sulfonamides is 1. The van der Waals surface area contributed by atoms with Gasteiger partial charge in [-0.2, -0.15) is 0 Å². The van der Waals surface area contributed by atoms with Crippen LogP contribution in [0.25, 0.3) is 0 Å². The van der Waals surface area contributed by atoms with Crippen LogP contribution in [0.3, 0.4) is 0 Å². The lowest BCUT2D eigenvalue weighted by Gasteiger charge is -2.30. The van der Waals surface area contributed by atoms with Crippen LogP contribution in [0.5, 0.6) is 0 Å². The van der Waals surface area contributed by atoms with Crippen molar-refractivity contribution in [2.75, 3.05) is 58.6 Å². The molecule has 2 fully saturated rings.